The smallest absolute Gasteiger partial charge is 0.287 e. The van der Waals surface area contributed by atoms with Crippen LogP contribution in [-0.2, 0) is 19.4 Å². The van der Waals surface area contributed by atoms with Crippen molar-refractivity contribution in [3.05, 3.63) is 47.2 Å². The zero-order valence-corrected chi connectivity index (χ0v) is 20.8. The van der Waals surface area contributed by atoms with Crippen LogP contribution in [0.1, 0.15) is 27.4 Å². The fraction of sp³-hybridized carbons (Fsp3) is 0.500. The molecular formula is C26H32N6O4. The fourth-order valence-electron chi connectivity index (χ4n) is 5.21. The third kappa shape index (κ3) is 4.46. The van der Waals surface area contributed by atoms with Gasteiger partial charge in [-0.05, 0) is 38.1 Å². The van der Waals surface area contributed by atoms with Gasteiger partial charge in [0.2, 0.25) is 0 Å². The number of fused-ring (bicyclic) bond motifs is 4. The van der Waals surface area contributed by atoms with E-state index in [4.69, 9.17) is 19.0 Å². The van der Waals surface area contributed by atoms with Crippen LogP contribution in [0, 0.1) is 6.92 Å². The van der Waals surface area contributed by atoms with E-state index in [2.05, 4.69) is 33.3 Å². The van der Waals surface area contributed by atoms with Crippen molar-refractivity contribution in [2.24, 2.45) is 0 Å². The van der Waals surface area contributed by atoms with E-state index < -0.39 is 0 Å². The maximum absolute atomic E-state index is 13.0. The van der Waals surface area contributed by atoms with Crippen LogP contribution in [0.5, 0.6) is 11.6 Å². The minimum Gasteiger partial charge on any atom is -0.479 e. The third-order valence-electron chi connectivity index (χ3n) is 7.26. The number of piperazine rings is 1. The van der Waals surface area contributed by atoms with Gasteiger partial charge in [0, 0.05) is 69.2 Å². The second-order valence-electron chi connectivity index (χ2n) is 9.84. The van der Waals surface area contributed by atoms with E-state index >= 15 is 0 Å². The minimum absolute atomic E-state index is 0.156. The van der Waals surface area contributed by atoms with E-state index in [1.54, 1.807) is 6.20 Å². The average Bonchev–Trinajstić information content (AvgIpc) is 3.45. The number of pyridine rings is 1. The highest BCUT2D eigenvalue weighted by atomic mass is 16.6. The maximum atomic E-state index is 13.0. The molecule has 1 fully saturated rings. The lowest BCUT2D eigenvalue weighted by Crippen LogP contribution is -2.46. The Balaban J connectivity index is 1.12. The summed E-state index contributed by atoms with van der Waals surface area (Å²) >= 11 is 0. The molecule has 6 rings (SSSR count). The SMILES string of the molecule is Cc1c(C(=O)NCCN2CCN(C)CC2)oc2c1-c1nn(CC3COc4ncccc4O3)cc1CC2. The first kappa shape index (κ1) is 23.1. The van der Waals surface area contributed by atoms with Crippen molar-refractivity contribution >= 4 is 5.91 Å². The Labute approximate surface area is 210 Å². The van der Waals surface area contributed by atoms with Gasteiger partial charge in [0.15, 0.2) is 17.6 Å². The molecule has 1 aliphatic carbocycles. The summed E-state index contributed by atoms with van der Waals surface area (Å²) < 4.78 is 19.8. The van der Waals surface area contributed by atoms with Gasteiger partial charge in [0.05, 0.1) is 12.2 Å². The molecule has 0 aromatic carbocycles. The van der Waals surface area contributed by atoms with Crippen LogP contribution < -0.4 is 14.8 Å². The summed E-state index contributed by atoms with van der Waals surface area (Å²) in [5, 5.41) is 7.92. The summed E-state index contributed by atoms with van der Waals surface area (Å²) in [5.41, 5.74) is 3.86. The molecule has 3 aliphatic rings. The van der Waals surface area contributed by atoms with Crippen LogP contribution in [-0.4, -0.2) is 89.5 Å². The van der Waals surface area contributed by atoms with Gasteiger partial charge in [-0.1, -0.05) is 0 Å². The monoisotopic (exact) mass is 492 g/mol. The van der Waals surface area contributed by atoms with Gasteiger partial charge in [-0.2, -0.15) is 5.10 Å². The molecule has 10 heteroatoms. The number of aromatic nitrogens is 3. The van der Waals surface area contributed by atoms with Crippen molar-refractivity contribution in [2.45, 2.75) is 32.4 Å². The predicted octanol–water partition coefficient (Wildman–Crippen LogP) is 1.76. The molecule has 1 N–H and O–H groups in total. The summed E-state index contributed by atoms with van der Waals surface area (Å²) in [5.74, 6) is 2.26. The van der Waals surface area contributed by atoms with Crippen molar-refractivity contribution < 1.29 is 18.7 Å². The molecule has 0 bridgehead atoms. The molecule has 5 heterocycles. The molecule has 2 aliphatic heterocycles. The van der Waals surface area contributed by atoms with Crippen LogP contribution in [0.3, 0.4) is 0 Å². The van der Waals surface area contributed by atoms with Crippen molar-refractivity contribution in [1.29, 1.82) is 0 Å². The Morgan fingerprint density at radius 3 is 2.94 bits per heavy atom. The molecule has 3 aromatic heterocycles. The quantitative estimate of drug-likeness (QED) is 0.556. The van der Waals surface area contributed by atoms with Crippen LogP contribution in [0.2, 0.25) is 0 Å². The number of ether oxygens (including phenoxy) is 2. The highest BCUT2D eigenvalue weighted by Gasteiger charge is 2.31. The number of likely N-dealkylation sites (N-methyl/N-ethyl adjacent to an activating group) is 1. The van der Waals surface area contributed by atoms with Gasteiger partial charge in [0.25, 0.3) is 11.8 Å². The Kier molecular flexibility index (Phi) is 6.14. The zero-order chi connectivity index (χ0) is 24.6. The van der Waals surface area contributed by atoms with Crippen LogP contribution >= 0.6 is 0 Å². The van der Waals surface area contributed by atoms with E-state index in [9.17, 15) is 4.79 Å². The number of carbonyl (C=O) groups excluding carboxylic acids is 1. The lowest BCUT2D eigenvalue weighted by Gasteiger charge is -2.32. The second-order valence-corrected chi connectivity index (χ2v) is 9.84. The Morgan fingerprint density at radius 1 is 1.22 bits per heavy atom. The fourth-order valence-corrected chi connectivity index (χ4v) is 5.21. The van der Waals surface area contributed by atoms with Crippen molar-refractivity contribution in [2.75, 3.05) is 52.9 Å². The highest BCUT2D eigenvalue weighted by Crippen LogP contribution is 2.38. The van der Waals surface area contributed by atoms with Gasteiger partial charge in [-0.15, -0.1) is 0 Å². The predicted molar refractivity (Wildman–Crippen MR) is 132 cm³/mol. The van der Waals surface area contributed by atoms with Crippen molar-refractivity contribution in [3.63, 3.8) is 0 Å². The third-order valence-corrected chi connectivity index (χ3v) is 7.26. The summed E-state index contributed by atoms with van der Waals surface area (Å²) in [7, 11) is 2.14. The van der Waals surface area contributed by atoms with E-state index in [0.717, 1.165) is 73.7 Å². The highest BCUT2D eigenvalue weighted by molar-refractivity contribution is 5.95. The van der Waals surface area contributed by atoms with Gasteiger partial charge >= 0.3 is 0 Å². The Morgan fingerprint density at radius 2 is 2.08 bits per heavy atom. The Hall–Kier alpha value is -3.37. The molecule has 1 saturated heterocycles. The molecule has 1 amide bonds. The normalized spacial score (nSPS) is 19.6. The van der Waals surface area contributed by atoms with Crippen molar-refractivity contribution in [1.82, 2.24) is 29.9 Å². The molecule has 10 nitrogen and oxygen atoms in total. The summed E-state index contributed by atoms with van der Waals surface area (Å²) in [4.78, 5) is 21.9. The lowest BCUT2D eigenvalue weighted by atomic mass is 9.93. The molecule has 1 atom stereocenters. The zero-order valence-electron chi connectivity index (χ0n) is 20.8. The van der Waals surface area contributed by atoms with Crippen LogP contribution in [0.15, 0.2) is 28.9 Å². The maximum Gasteiger partial charge on any atom is 0.287 e. The van der Waals surface area contributed by atoms with Crippen LogP contribution in [0.4, 0.5) is 0 Å². The molecular weight excluding hydrogens is 460 g/mol. The summed E-state index contributed by atoms with van der Waals surface area (Å²) in [6.45, 7) is 8.59. The lowest BCUT2D eigenvalue weighted by molar-refractivity contribution is 0.0716. The number of hydrogen-bond acceptors (Lipinski definition) is 8. The summed E-state index contributed by atoms with van der Waals surface area (Å²) in [6.07, 6.45) is 5.19. The number of nitrogens with zero attached hydrogens (tertiary/aromatic N) is 5. The van der Waals surface area contributed by atoms with Crippen LogP contribution in [0.25, 0.3) is 11.3 Å². The largest absolute Gasteiger partial charge is 0.479 e. The standard InChI is InChI=1S/C26H32N6O4/c1-17-22-20(36-24(17)25(33)27-8-9-31-12-10-30(2)11-13-31)6-5-18-14-32(29-23(18)22)15-19-16-34-26-21(35-19)4-3-7-28-26/h3-4,7,14,19H,5-6,8-13,15-16H2,1-2H3,(H,27,33). The molecule has 190 valence electrons. The number of hydrogen-bond donors (Lipinski definition) is 1. The number of nitrogens with one attached hydrogen (secondary N) is 1. The van der Waals surface area contributed by atoms with Gasteiger partial charge in [-0.3, -0.25) is 14.4 Å². The van der Waals surface area contributed by atoms with E-state index in [1.165, 1.54) is 0 Å². The molecule has 1 unspecified atom stereocenters. The van der Waals surface area contributed by atoms with Gasteiger partial charge in [-0.25, -0.2) is 4.98 Å². The first-order chi connectivity index (χ1) is 17.5. The van der Waals surface area contributed by atoms with E-state index in [0.29, 0.717) is 37.1 Å². The summed E-state index contributed by atoms with van der Waals surface area (Å²) in [6, 6.07) is 3.70. The number of aryl methyl sites for hydroxylation is 2. The average molecular weight is 493 g/mol. The first-order valence-electron chi connectivity index (χ1n) is 12.7. The van der Waals surface area contributed by atoms with Gasteiger partial charge < -0.3 is 24.1 Å². The topological polar surface area (TPSA) is 97.9 Å². The molecule has 0 saturated carbocycles. The number of furan rings is 1. The number of rotatable bonds is 6. The number of carbonyl (C=O) groups is 1. The van der Waals surface area contributed by atoms with Gasteiger partial charge in [0.1, 0.15) is 12.4 Å². The molecule has 0 radical (unpaired) electrons. The van der Waals surface area contributed by atoms with Crippen molar-refractivity contribution in [3.8, 4) is 22.9 Å². The minimum atomic E-state index is -0.158. The van der Waals surface area contributed by atoms with E-state index in [-0.39, 0.29) is 12.0 Å². The molecule has 3 aromatic rings. The Bertz CT molecular complexity index is 1260. The number of amides is 1. The van der Waals surface area contributed by atoms with E-state index in [1.807, 2.05) is 23.7 Å². The molecule has 36 heavy (non-hydrogen) atoms. The second kappa shape index (κ2) is 9.59. The first-order valence-corrected chi connectivity index (χ1v) is 12.7. The molecule has 0 spiro atoms.